The molecule has 4 rings (SSSR count). The third-order valence-corrected chi connectivity index (χ3v) is 6.94. The second kappa shape index (κ2) is 10.6. The fraction of sp³-hybridized carbons (Fsp3) is 0.379. The lowest BCUT2D eigenvalue weighted by atomic mass is 9.79. The molecule has 34 heavy (non-hydrogen) atoms. The van der Waals surface area contributed by atoms with Crippen LogP contribution in [0.4, 0.5) is 17.6 Å². The van der Waals surface area contributed by atoms with E-state index in [0.717, 1.165) is 31.2 Å². The van der Waals surface area contributed by atoms with Gasteiger partial charge in [-0.05, 0) is 72.8 Å². The predicted octanol–water partition coefficient (Wildman–Crippen LogP) is 8.39. The van der Waals surface area contributed by atoms with Crippen molar-refractivity contribution in [2.24, 2.45) is 5.92 Å². The molecule has 0 unspecified atom stereocenters. The van der Waals surface area contributed by atoms with Crippen LogP contribution in [0, 0.1) is 29.2 Å². The quantitative estimate of drug-likeness (QED) is 0.315. The molecule has 0 spiro atoms. The molecule has 1 aliphatic rings. The smallest absolute Gasteiger partial charge is 0.200 e. The van der Waals surface area contributed by atoms with E-state index in [-0.39, 0.29) is 29.4 Å². The average molecular weight is 471 g/mol. The third kappa shape index (κ3) is 5.13. The largest absolute Gasteiger partial charge is 0.491 e. The minimum Gasteiger partial charge on any atom is -0.491 e. The monoisotopic (exact) mass is 470 g/mol. The Hall–Kier alpha value is -2.82. The van der Waals surface area contributed by atoms with Crippen molar-refractivity contribution in [2.75, 3.05) is 6.61 Å². The number of ether oxygens (including phenoxy) is 1. The highest BCUT2D eigenvalue weighted by atomic mass is 19.2. The Morgan fingerprint density at radius 3 is 2.12 bits per heavy atom. The lowest BCUT2D eigenvalue weighted by molar-refractivity contribution is 0.313. The van der Waals surface area contributed by atoms with Crippen molar-refractivity contribution < 1.29 is 22.3 Å². The predicted molar refractivity (Wildman–Crippen MR) is 127 cm³/mol. The summed E-state index contributed by atoms with van der Waals surface area (Å²) in [6.45, 7) is 4.17. The van der Waals surface area contributed by atoms with Gasteiger partial charge in [0.1, 0.15) is 0 Å². The van der Waals surface area contributed by atoms with Gasteiger partial charge in [-0.15, -0.1) is 0 Å². The van der Waals surface area contributed by atoms with Crippen LogP contribution in [0.2, 0.25) is 0 Å². The van der Waals surface area contributed by atoms with Crippen molar-refractivity contribution in [1.29, 1.82) is 0 Å². The molecular weight excluding hydrogens is 440 g/mol. The first-order valence-corrected chi connectivity index (χ1v) is 12.1. The van der Waals surface area contributed by atoms with Crippen molar-refractivity contribution in [3.8, 4) is 16.9 Å². The Kier molecular flexibility index (Phi) is 7.60. The summed E-state index contributed by atoms with van der Waals surface area (Å²) < 4.78 is 63.3. The number of aryl methyl sites for hydroxylation is 2. The molecule has 0 N–H and O–H groups in total. The van der Waals surface area contributed by atoms with Gasteiger partial charge in [-0.2, -0.15) is 4.39 Å². The molecule has 0 amide bonds. The summed E-state index contributed by atoms with van der Waals surface area (Å²) in [6.07, 6.45) is 4.67. The molecule has 0 atom stereocenters. The summed E-state index contributed by atoms with van der Waals surface area (Å²) in [6, 6.07) is 13.5. The van der Waals surface area contributed by atoms with Gasteiger partial charge in [0, 0.05) is 5.56 Å². The van der Waals surface area contributed by atoms with Crippen molar-refractivity contribution in [2.45, 2.75) is 58.3 Å². The molecule has 0 saturated heterocycles. The molecule has 1 nitrogen and oxygen atoms in total. The van der Waals surface area contributed by atoms with Gasteiger partial charge in [0.05, 0.1) is 6.61 Å². The van der Waals surface area contributed by atoms with Crippen LogP contribution in [0.5, 0.6) is 5.75 Å². The molecule has 1 fully saturated rings. The van der Waals surface area contributed by atoms with Crippen LogP contribution in [0.1, 0.15) is 62.1 Å². The molecule has 1 aliphatic carbocycles. The summed E-state index contributed by atoms with van der Waals surface area (Å²) in [5.41, 5.74) is 2.46. The molecule has 0 bridgehead atoms. The zero-order valence-corrected chi connectivity index (χ0v) is 19.6. The fourth-order valence-electron chi connectivity index (χ4n) is 4.84. The molecule has 3 aromatic carbocycles. The Balaban J connectivity index is 1.46. The second-order valence-corrected chi connectivity index (χ2v) is 9.27. The number of halogens is 4. The molecular formula is C29H30F4O. The zero-order valence-electron chi connectivity index (χ0n) is 19.6. The van der Waals surface area contributed by atoms with Crippen LogP contribution in [0.3, 0.4) is 0 Å². The summed E-state index contributed by atoms with van der Waals surface area (Å²) >= 11 is 0. The first kappa shape index (κ1) is 24.3. The molecule has 5 heteroatoms. The van der Waals surface area contributed by atoms with E-state index in [4.69, 9.17) is 4.74 Å². The number of rotatable bonds is 7. The lowest BCUT2D eigenvalue weighted by Crippen LogP contribution is -2.13. The zero-order chi connectivity index (χ0) is 24.2. The van der Waals surface area contributed by atoms with Crippen molar-refractivity contribution in [1.82, 2.24) is 0 Å². The molecule has 0 heterocycles. The highest BCUT2D eigenvalue weighted by Gasteiger charge is 2.25. The number of hydrogen-bond acceptors (Lipinski definition) is 1. The van der Waals surface area contributed by atoms with Gasteiger partial charge in [-0.1, -0.05) is 62.2 Å². The van der Waals surface area contributed by atoms with Gasteiger partial charge in [0.2, 0.25) is 5.82 Å². The molecule has 3 aromatic rings. The number of benzene rings is 3. The molecule has 0 radical (unpaired) electrons. The number of hydrogen-bond donors (Lipinski definition) is 0. The minimum absolute atomic E-state index is 0.0787. The Labute approximate surface area is 198 Å². The maximum Gasteiger partial charge on any atom is 0.200 e. The third-order valence-electron chi connectivity index (χ3n) is 6.94. The normalized spacial score (nSPS) is 18.2. The van der Waals surface area contributed by atoms with Gasteiger partial charge in [-0.25, -0.2) is 13.2 Å². The van der Waals surface area contributed by atoms with Crippen LogP contribution in [0.15, 0.2) is 48.5 Å². The first-order chi connectivity index (χ1) is 16.4. The highest BCUT2D eigenvalue weighted by Crippen LogP contribution is 2.38. The summed E-state index contributed by atoms with van der Waals surface area (Å²) in [5.74, 6) is -2.79. The van der Waals surface area contributed by atoms with Crippen LogP contribution < -0.4 is 4.74 Å². The van der Waals surface area contributed by atoms with E-state index in [1.165, 1.54) is 12.1 Å². The Morgan fingerprint density at radius 2 is 1.44 bits per heavy atom. The van der Waals surface area contributed by atoms with Crippen LogP contribution >= 0.6 is 0 Å². The maximum atomic E-state index is 15.0. The topological polar surface area (TPSA) is 9.23 Å². The van der Waals surface area contributed by atoms with Crippen molar-refractivity contribution in [3.63, 3.8) is 0 Å². The van der Waals surface area contributed by atoms with E-state index >= 15 is 0 Å². The summed E-state index contributed by atoms with van der Waals surface area (Å²) in [4.78, 5) is 0. The van der Waals surface area contributed by atoms with E-state index in [0.29, 0.717) is 29.9 Å². The lowest BCUT2D eigenvalue weighted by Gasteiger charge is -2.27. The van der Waals surface area contributed by atoms with Crippen LogP contribution in [-0.2, 0) is 12.8 Å². The Morgan fingerprint density at radius 1 is 0.735 bits per heavy atom. The van der Waals surface area contributed by atoms with E-state index in [1.807, 2.05) is 12.1 Å². The van der Waals surface area contributed by atoms with Crippen molar-refractivity contribution >= 4 is 0 Å². The molecule has 0 aromatic heterocycles. The van der Waals surface area contributed by atoms with Gasteiger partial charge in [-0.3, -0.25) is 0 Å². The van der Waals surface area contributed by atoms with E-state index in [1.54, 1.807) is 31.2 Å². The summed E-state index contributed by atoms with van der Waals surface area (Å²) in [7, 11) is 0. The van der Waals surface area contributed by atoms with Gasteiger partial charge < -0.3 is 4.74 Å². The van der Waals surface area contributed by atoms with Crippen LogP contribution in [0.25, 0.3) is 11.1 Å². The Bertz CT molecular complexity index is 1130. The van der Waals surface area contributed by atoms with E-state index in [2.05, 4.69) is 6.92 Å². The minimum atomic E-state index is -0.974. The van der Waals surface area contributed by atoms with E-state index in [9.17, 15) is 17.6 Å². The van der Waals surface area contributed by atoms with E-state index < -0.39 is 23.3 Å². The molecule has 180 valence electrons. The SMILES string of the molecule is CCOc1ccc(CCc2ccc(-c3ccc(C4CCC(C)CC4)c(F)c3F)cc2)c(F)c1F. The van der Waals surface area contributed by atoms with Crippen molar-refractivity contribution in [3.05, 3.63) is 88.5 Å². The van der Waals surface area contributed by atoms with Gasteiger partial charge in [0.25, 0.3) is 0 Å². The first-order valence-electron chi connectivity index (χ1n) is 12.1. The fourth-order valence-corrected chi connectivity index (χ4v) is 4.84. The maximum absolute atomic E-state index is 15.0. The second-order valence-electron chi connectivity index (χ2n) is 9.27. The highest BCUT2D eigenvalue weighted by molar-refractivity contribution is 5.65. The molecule has 1 saturated carbocycles. The van der Waals surface area contributed by atoms with Gasteiger partial charge >= 0.3 is 0 Å². The standard InChI is InChI=1S/C29H30F4O/c1-3-34-25-17-14-22(26(30)29(25)33)13-8-19-6-11-21(12-7-19)24-16-15-23(27(31)28(24)32)20-9-4-18(2)5-10-20/h6-7,11-12,14-18,20H,3-5,8-10,13H2,1-2H3. The van der Waals surface area contributed by atoms with Crippen LogP contribution in [-0.4, -0.2) is 6.61 Å². The van der Waals surface area contributed by atoms with Gasteiger partial charge in [0.15, 0.2) is 23.2 Å². The average Bonchev–Trinajstić information content (AvgIpc) is 2.84. The summed E-state index contributed by atoms with van der Waals surface area (Å²) in [5, 5.41) is 0. The molecule has 0 aliphatic heterocycles.